The van der Waals surface area contributed by atoms with Gasteiger partial charge in [-0.1, -0.05) is 43.7 Å². The van der Waals surface area contributed by atoms with Gasteiger partial charge in [-0.25, -0.2) is 0 Å². The zero-order valence-electron chi connectivity index (χ0n) is 13.8. The van der Waals surface area contributed by atoms with Gasteiger partial charge in [0.1, 0.15) is 6.10 Å². The number of nitrogens with zero attached hydrogens (tertiary/aromatic N) is 1. The third kappa shape index (κ3) is 3.99. The Balaban J connectivity index is 2.18. The quantitative estimate of drug-likeness (QED) is 0.900. The Labute approximate surface area is 137 Å². The van der Waals surface area contributed by atoms with E-state index in [-0.39, 0.29) is 23.7 Å². The van der Waals surface area contributed by atoms with Crippen molar-refractivity contribution in [3.05, 3.63) is 35.4 Å². The van der Waals surface area contributed by atoms with Crippen molar-refractivity contribution in [2.45, 2.75) is 52.2 Å². The number of hydrogen-bond donors (Lipinski definition) is 1. The second-order valence-corrected chi connectivity index (χ2v) is 7.74. The smallest absolute Gasteiger partial charge is 0.167 e. The topological polar surface area (TPSA) is 49.7 Å². The van der Waals surface area contributed by atoms with Gasteiger partial charge in [-0.15, -0.1) is 11.8 Å². The van der Waals surface area contributed by atoms with E-state index in [0.717, 1.165) is 17.2 Å². The van der Waals surface area contributed by atoms with Gasteiger partial charge in [-0.3, -0.25) is 9.79 Å². The summed E-state index contributed by atoms with van der Waals surface area (Å²) in [6.45, 7) is 7.91. The van der Waals surface area contributed by atoms with Gasteiger partial charge in [0.25, 0.3) is 0 Å². The molecule has 0 aliphatic carbocycles. The molecule has 0 bridgehead atoms. The van der Waals surface area contributed by atoms with Crippen molar-refractivity contribution in [2.24, 2.45) is 10.9 Å². The fraction of sp³-hybridized carbons (Fsp3) is 0.556. The first-order valence-electron chi connectivity index (χ1n) is 7.81. The standard InChI is InChI=1S/C18H25NO2S/c1-12(2)17(21)15(20)11-16-19-18(4,9-10-22-16)14-7-5-13(3)6-8-14/h5-8,12,17,21H,9-11H2,1-4H3/t17-,18?/m0/s1. The highest BCUT2D eigenvalue weighted by atomic mass is 32.2. The maximum absolute atomic E-state index is 12.1. The van der Waals surface area contributed by atoms with Gasteiger partial charge in [0, 0.05) is 5.75 Å². The van der Waals surface area contributed by atoms with Gasteiger partial charge >= 0.3 is 0 Å². The number of hydrogen-bond acceptors (Lipinski definition) is 4. The summed E-state index contributed by atoms with van der Waals surface area (Å²) in [5.41, 5.74) is 2.15. The molecule has 2 rings (SSSR count). The van der Waals surface area contributed by atoms with Crippen LogP contribution in [0.25, 0.3) is 0 Å². The first kappa shape index (κ1) is 17.2. The fourth-order valence-corrected chi connectivity index (χ4v) is 3.81. The van der Waals surface area contributed by atoms with Crippen molar-refractivity contribution in [1.29, 1.82) is 0 Å². The number of ketones is 1. The van der Waals surface area contributed by atoms with Gasteiger partial charge in [0.05, 0.1) is 17.0 Å². The predicted octanol–water partition coefficient (Wildman–Crippen LogP) is 3.72. The predicted molar refractivity (Wildman–Crippen MR) is 93.5 cm³/mol. The molecule has 1 unspecified atom stereocenters. The molecule has 2 atom stereocenters. The van der Waals surface area contributed by atoms with Crippen LogP contribution in [0, 0.1) is 12.8 Å². The molecule has 4 heteroatoms. The summed E-state index contributed by atoms with van der Waals surface area (Å²) in [6, 6.07) is 8.45. The van der Waals surface area contributed by atoms with Crippen LogP contribution in [0.5, 0.6) is 0 Å². The molecule has 0 spiro atoms. The van der Waals surface area contributed by atoms with Crippen LogP contribution in [-0.4, -0.2) is 27.8 Å². The van der Waals surface area contributed by atoms with Crippen LogP contribution < -0.4 is 0 Å². The Kier molecular flexibility index (Phi) is 5.45. The van der Waals surface area contributed by atoms with Gasteiger partial charge in [0.15, 0.2) is 5.78 Å². The Bertz CT molecular complexity index is 565. The summed E-state index contributed by atoms with van der Waals surface area (Å²) >= 11 is 1.64. The van der Waals surface area contributed by atoms with Crippen LogP contribution in [0.4, 0.5) is 0 Å². The van der Waals surface area contributed by atoms with Crippen LogP contribution in [0.3, 0.4) is 0 Å². The highest BCUT2D eigenvalue weighted by Crippen LogP contribution is 2.36. The zero-order valence-corrected chi connectivity index (χ0v) is 14.6. The Hall–Kier alpha value is -1.13. The van der Waals surface area contributed by atoms with Crippen molar-refractivity contribution in [3.8, 4) is 0 Å². The zero-order chi connectivity index (χ0) is 16.3. The number of benzene rings is 1. The first-order valence-corrected chi connectivity index (χ1v) is 8.80. The van der Waals surface area contributed by atoms with E-state index >= 15 is 0 Å². The molecule has 1 aliphatic rings. The minimum absolute atomic E-state index is 0.0508. The number of aliphatic hydroxyl groups excluding tert-OH is 1. The molecule has 1 aromatic rings. The summed E-state index contributed by atoms with van der Waals surface area (Å²) in [4.78, 5) is 16.9. The number of carbonyl (C=O) groups excluding carboxylic acids is 1. The molecule has 1 aromatic carbocycles. The lowest BCUT2D eigenvalue weighted by Gasteiger charge is -2.31. The highest BCUT2D eigenvalue weighted by molar-refractivity contribution is 8.14. The maximum atomic E-state index is 12.1. The van der Waals surface area contributed by atoms with Crippen molar-refractivity contribution in [2.75, 3.05) is 5.75 Å². The summed E-state index contributed by atoms with van der Waals surface area (Å²) in [7, 11) is 0. The summed E-state index contributed by atoms with van der Waals surface area (Å²) in [5, 5.41) is 10.7. The third-order valence-electron chi connectivity index (χ3n) is 4.19. The van der Waals surface area contributed by atoms with Crippen LogP contribution in [0.2, 0.25) is 0 Å². The molecule has 0 saturated heterocycles. The Morgan fingerprint density at radius 3 is 2.59 bits per heavy atom. The summed E-state index contributed by atoms with van der Waals surface area (Å²) in [6.07, 6.45) is 0.312. The number of aliphatic imine (C=N–C) groups is 1. The van der Waals surface area contributed by atoms with Crippen LogP contribution in [0.1, 0.15) is 44.7 Å². The number of rotatable bonds is 5. The molecule has 1 N–H and O–H groups in total. The van der Waals surface area contributed by atoms with Gasteiger partial charge in [0.2, 0.25) is 0 Å². The van der Waals surface area contributed by atoms with Crippen molar-refractivity contribution in [3.63, 3.8) is 0 Å². The van der Waals surface area contributed by atoms with E-state index in [9.17, 15) is 9.90 Å². The molecule has 0 saturated carbocycles. The second-order valence-electron chi connectivity index (χ2n) is 6.58. The molecular weight excluding hydrogens is 294 g/mol. The third-order valence-corrected chi connectivity index (χ3v) is 5.17. The molecule has 3 nitrogen and oxygen atoms in total. The van der Waals surface area contributed by atoms with Gasteiger partial charge in [-0.05, 0) is 31.7 Å². The maximum Gasteiger partial charge on any atom is 0.167 e. The molecule has 0 amide bonds. The molecule has 120 valence electrons. The summed E-state index contributed by atoms with van der Waals surface area (Å²) < 4.78 is 0. The molecular formula is C18H25NO2S. The number of Topliss-reactive ketones (excluding diaryl/α,β-unsaturated/α-hetero) is 1. The van der Waals surface area contributed by atoms with E-state index in [1.54, 1.807) is 11.8 Å². The lowest BCUT2D eigenvalue weighted by Crippen LogP contribution is -2.31. The molecule has 1 aliphatic heterocycles. The minimum Gasteiger partial charge on any atom is -0.385 e. The van der Waals surface area contributed by atoms with E-state index in [1.807, 2.05) is 13.8 Å². The highest BCUT2D eigenvalue weighted by Gasteiger charge is 2.31. The summed E-state index contributed by atoms with van der Waals surface area (Å²) in [5.74, 6) is 0.772. The van der Waals surface area contributed by atoms with E-state index in [1.165, 1.54) is 11.1 Å². The van der Waals surface area contributed by atoms with E-state index < -0.39 is 6.10 Å². The van der Waals surface area contributed by atoms with Gasteiger partial charge < -0.3 is 5.11 Å². The number of aliphatic hydroxyl groups is 1. The average molecular weight is 319 g/mol. The molecule has 0 radical (unpaired) electrons. The minimum atomic E-state index is -0.893. The van der Waals surface area contributed by atoms with E-state index in [2.05, 4.69) is 38.1 Å². The Morgan fingerprint density at radius 1 is 1.36 bits per heavy atom. The van der Waals surface area contributed by atoms with Crippen molar-refractivity contribution >= 4 is 22.6 Å². The van der Waals surface area contributed by atoms with Crippen LogP contribution >= 0.6 is 11.8 Å². The average Bonchev–Trinajstić information content (AvgIpc) is 2.46. The molecule has 1 heterocycles. The van der Waals surface area contributed by atoms with Crippen LogP contribution in [0.15, 0.2) is 29.3 Å². The normalized spacial score (nSPS) is 23.3. The monoisotopic (exact) mass is 319 g/mol. The van der Waals surface area contributed by atoms with Crippen molar-refractivity contribution < 1.29 is 9.90 Å². The second kappa shape index (κ2) is 6.97. The molecule has 0 aromatic heterocycles. The lowest BCUT2D eigenvalue weighted by molar-refractivity contribution is -0.127. The van der Waals surface area contributed by atoms with Crippen LogP contribution in [-0.2, 0) is 10.3 Å². The Morgan fingerprint density at radius 2 is 2.00 bits per heavy atom. The SMILES string of the molecule is Cc1ccc(C2(C)CCSC(CC(=O)[C@@H](O)C(C)C)=N2)cc1. The molecule has 0 fully saturated rings. The number of aryl methyl sites for hydroxylation is 1. The lowest BCUT2D eigenvalue weighted by atomic mass is 9.89. The fourth-order valence-electron chi connectivity index (χ4n) is 2.57. The first-order chi connectivity index (χ1) is 10.3. The van der Waals surface area contributed by atoms with Crippen molar-refractivity contribution in [1.82, 2.24) is 0 Å². The molecule has 22 heavy (non-hydrogen) atoms. The number of thioether (sulfide) groups is 1. The van der Waals surface area contributed by atoms with E-state index in [0.29, 0.717) is 0 Å². The number of carbonyl (C=O) groups is 1. The van der Waals surface area contributed by atoms with Gasteiger partial charge in [-0.2, -0.15) is 0 Å². The van der Waals surface area contributed by atoms with E-state index in [4.69, 9.17) is 4.99 Å². The largest absolute Gasteiger partial charge is 0.385 e.